The zero-order valence-electron chi connectivity index (χ0n) is 44.5. The summed E-state index contributed by atoms with van der Waals surface area (Å²) in [5.41, 5.74) is 9.83. The first-order chi connectivity index (χ1) is 34.6. The minimum atomic E-state index is -0.289. The molecule has 0 aliphatic heterocycles. The third-order valence-corrected chi connectivity index (χ3v) is 20.7. The van der Waals surface area contributed by atoms with Gasteiger partial charge in [0.2, 0.25) is 0 Å². The van der Waals surface area contributed by atoms with Gasteiger partial charge in [0, 0.05) is 43.9 Å². The molecule has 2 nitrogen and oxygen atoms in total. The van der Waals surface area contributed by atoms with Crippen LogP contribution in [-0.2, 0) is 28.4 Å². The van der Waals surface area contributed by atoms with Crippen molar-refractivity contribution in [3.05, 3.63) is 141 Å². The number of esters is 1. The van der Waals surface area contributed by atoms with Crippen LogP contribution < -0.4 is 0 Å². The number of ether oxygens (including phenoxy) is 1. The maximum absolute atomic E-state index is 13.4. The molecule has 4 bridgehead atoms. The molecule has 0 radical (unpaired) electrons. The summed E-state index contributed by atoms with van der Waals surface area (Å²) in [6, 6.07) is 37.0. The van der Waals surface area contributed by atoms with Gasteiger partial charge in [0.1, 0.15) is 0 Å². The Morgan fingerprint density at radius 3 is 1.57 bits per heavy atom. The lowest BCUT2D eigenvalue weighted by atomic mass is 9.81. The molecule has 0 fully saturated rings. The van der Waals surface area contributed by atoms with Gasteiger partial charge in [-0.2, -0.15) is 0 Å². The second-order valence-electron chi connectivity index (χ2n) is 21.8. The zero-order chi connectivity index (χ0) is 50.9. The number of hydrogen-bond donors (Lipinski definition) is 0. The lowest BCUT2D eigenvalue weighted by molar-refractivity contribution is 0.0526. The summed E-state index contributed by atoms with van der Waals surface area (Å²) < 4.78 is 5.60. The number of aryl methyl sites for hydroxylation is 2. The van der Waals surface area contributed by atoms with Crippen molar-refractivity contribution in [3.63, 3.8) is 0 Å². The van der Waals surface area contributed by atoms with Crippen molar-refractivity contribution in [3.8, 4) is 49.5 Å². The van der Waals surface area contributed by atoms with Gasteiger partial charge < -0.3 is 4.74 Å². The second kappa shape index (κ2) is 22.1. The highest BCUT2D eigenvalue weighted by Gasteiger charge is 2.25. The van der Waals surface area contributed by atoms with Crippen molar-refractivity contribution in [2.45, 2.75) is 151 Å². The van der Waals surface area contributed by atoms with Crippen LogP contribution in [0.15, 0.2) is 102 Å². The summed E-state index contributed by atoms with van der Waals surface area (Å²) in [6.07, 6.45) is 12.4. The Morgan fingerprint density at radius 2 is 1.01 bits per heavy atom. The van der Waals surface area contributed by atoms with Crippen molar-refractivity contribution in [2.24, 2.45) is 0 Å². The molecule has 0 saturated carbocycles. The first-order valence-corrected chi connectivity index (χ1v) is 30.6. The van der Waals surface area contributed by atoms with E-state index >= 15 is 0 Å². The monoisotopic (exact) mass is 1040 g/mol. The van der Waals surface area contributed by atoms with Gasteiger partial charge in [-0.25, -0.2) is 4.79 Å². The van der Waals surface area contributed by atoms with Gasteiger partial charge in [0.15, 0.2) is 0 Å². The number of benzene rings is 3. The fourth-order valence-corrected chi connectivity index (χ4v) is 15.8. The van der Waals surface area contributed by atoms with Crippen molar-refractivity contribution < 1.29 is 9.53 Å². The highest BCUT2D eigenvalue weighted by molar-refractivity contribution is 7.30. The van der Waals surface area contributed by atoms with Crippen LogP contribution in [0.1, 0.15) is 157 Å². The second-order valence-corrected chi connectivity index (χ2v) is 27.0. The predicted molar refractivity (Wildman–Crippen MR) is 323 cm³/mol. The van der Waals surface area contributed by atoms with E-state index in [4.69, 9.17) is 4.74 Å². The molecule has 7 heteroatoms. The highest BCUT2D eigenvalue weighted by Crippen LogP contribution is 2.51. The Bertz CT molecular complexity index is 3410. The first-order valence-electron chi connectivity index (χ1n) is 26.4. The number of carbonyl (C=O) groups is 1. The van der Waals surface area contributed by atoms with E-state index in [0.717, 1.165) is 29.0 Å². The summed E-state index contributed by atoms with van der Waals surface area (Å²) in [7, 11) is 0. The van der Waals surface area contributed by atoms with Crippen molar-refractivity contribution in [2.75, 3.05) is 6.61 Å². The lowest BCUT2D eigenvalue weighted by Gasteiger charge is -2.23. The van der Waals surface area contributed by atoms with Gasteiger partial charge in [-0.3, -0.25) is 0 Å². The molecule has 0 spiro atoms. The predicted octanol–water partition coefficient (Wildman–Crippen LogP) is 22.0. The first kappa shape index (κ1) is 52.2. The zero-order valence-corrected chi connectivity index (χ0v) is 48.5. The molecule has 9 aromatic rings. The van der Waals surface area contributed by atoms with E-state index in [1.165, 1.54) is 139 Å². The van der Waals surface area contributed by atoms with Crippen LogP contribution in [0.25, 0.3) is 81.8 Å². The van der Waals surface area contributed by atoms with Gasteiger partial charge in [-0.15, -0.1) is 56.7 Å². The minimum absolute atomic E-state index is 0.0810. The normalized spacial score (nSPS) is 12.2. The Kier molecular flexibility index (Phi) is 16.0. The Morgan fingerprint density at radius 1 is 0.486 bits per heavy atom. The van der Waals surface area contributed by atoms with Crippen molar-refractivity contribution in [1.29, 1.82) is 0 Å². The molecule has 0 aliphatic carbocycles. The van der Waals surface area contributed by atoms with E-state index in [1.54, 1.807) is 11.1 Å². The van der Waals surface area contributed by atoms with Gasteiger partial charge >= 0.3 is 5.97 Å². The van der Waals surface area contributed by atoms with Crippen LogP contribution in [0.4, 0.5) is 0 Å². The third kappa shape index (κ3) is 10.9. The van der Waals surface area contributed by atoms with E-state index in [0.29, 0.717) is 12.2 Å². The Balaban J connectivity index is 1.22. The fourth-order valence-electron chi connectivity index (χ4n) is 10.2. The molecule has 9 rings (SSSR count). The topological polar surface area (TPSA) is 26.3 Å². The average molecular weight is 1050 g/mol. The summed E-state index contributed by atoms with van der Waals surface area (Å²) >= 11 is 9.75. The summed E-state index contributed by atoms with van der Waals surface area (Å²) in [5.74, 6) is -0.289. The molecular weight excluding hydrogens is 973 g/mol. The Hall–Kier alpha value is -4.63. The molecular formula is C65H72O2S5. The van der Waals surface area contributed by atoms with E-state index in [-0.39, 0.29) is 16.8 Å². The minimum Gasteiger partial charge on any atom is -0.462 e. The standard InChI is InChI=1S/C65H72O2S5/c1-12-15-17-19-22-47-48(23-20-18-16-13-2)62(72-61(47)59-31-29-56(70-59)55-24-21-33-68-55)60-32-30-58(71-60)57-28-27-54(69-57)53-36-43-34-44(64(6,7)8)37-49(40(43)4)46-26-25-42(63(66)67-14-3)35-52(46)50-38-45(65(9,10)11)39-51(53)41(50)5/h21,24-39H,12-20,22-23H2,1-11H3. The lowest BCUT2D eigenvalue weighted by Crippen LogP contribution is -2.11. The number of thiophene rings is 5. The van der Waals surface area contributed by atoms with Gasteiger partial charge in [-0.1, -0.05) is 130 Å². The van der Waals surface area contributed by atoms with Crippen LogP contribution in [0.3, 0.4) is 0 Å². The molecule has 0 N–H and O–H groups in total. The quantitative estimate of drug-likeness (QED) is 0.0671. The van der Waals surface area contributed by atoms with Crippen LogP contribution in [0.5, 0.6) is 0 Å². The molecule has 4 aromatic carbocycles. The smallest absolute Gasteiger partial charge is 0.338 e. The van der Waals surface area contributed by atoms with Crippen LogP contribution >= 0.6 is 56.7 Å². The largest absolute Gasteiger partial charge is 0.462 e. The summed E-state index contributed by atoms with van der Waals surface area (Å²) in [5, 5.41) is 9.22. The number of rotatable bonds is 17. The maximum atomic E-state index is 13.4. The summed E-state index contributed by atoms with van der Waals surface area (Å²) in [4.78, 5) is 25.8. The molecule has 0 amide bonds. The van der Waals surface area contributed by atoms with Gasteiger partial charge in [0.25, 0.3) is 0 Å². The highest BCUT2D eigenvalue weighted by atomic mass is 32.1. The molecule has 5 heterocycles. The molecule has 5 aromatic heterocycles. The molecule has 0 saturated heterocycles. The number of unbranched alkanes of at least 4 members (excludes halogenated alkanes) is 6. The van der Waals surface area contributed by atoms with Crippen molar-refractivity contribution >= 4 is 95.0 Å². The number of carbonyl (C=O) groups excluding carboxylic acids is 1. The molecule has 0 unspecified atom stereocenters. The van der Waals surface area contributed by atoms with Gasteiger partial charge in [0.05, 0.1) is 12.2 Å². The van der Waals surface area contributed by atoms with E-state index in [1.807, 2.05) is 58.3 Å². The molecule has 72 heavy (non-hydrogen) atoms. The summed E-state index contributed by atoms with van der Waals surface area (Å²) in [6.45, 7) is 25.2. The van der Waals surface area contributed by atoms with Crippen LogP contribution in [0, 0.1) is 13.8 Å². The van der Waals surface area contributed by atoms with E-state index in [9.17, 15) is 4.79 Å². The van der Waals surface area contributed by atoms with Crippen LogP contribution in [-0.4, -0.2) is 12.6 Å². The van der Waals surface area contributed by atoms with Crippen molar-refractivity contribution in [1.82, 2.24) is 0 Å². The van der Waals surface area contributed by atoms with E-state index < -0.39 is 0 Å². The van der Waals surface area contributed by atoms with Gasteiger partial charge in [-0.05, 0) is 195 Å². The SMILES string of the molecule is CCCCCCc1c(-c2ccc(-c3cccs3)s2)sc(-c2ccc(-c3ccc(-c4cc5cc(C(C)(C)C)cc(c5C)c5ccc(C(=O)OCC)cc5c5cc(C(C)(C)C)cc4c5C)s3)s2)c1CCCCCC. The molecule has 0 aliphatic rings. The fraction of sp³-hybridized carbons (Fsp3) is 0.369. The van der Waals surface area contributed by atoms with Crippen LogP contribution in [0.2, 0.25) is 0 Å². The molecule has 374 valence electrons. The maximum Gasteiger partial charge on any atom is 0.338 e. The average Bonchev–Trinajstić information content (AvgIpc) is 4.21. The number of fused-ring (bicyclic) bond motifs is 7. The Labute approximate surface area is 449 Å². The number of hydrogen-bond acceptors (Lipinski definition) is 7. The molecule has 0 atom stereocenters. The third-order valence-electron chi connectivity index (χ3n) is 14.5. The van der Waals surface area contributed by atoms with E-state index in [2.05, 4.69) is 177 Å².